The molecule has 5 unspecified atom stereocenters. The van der Waals surface area contributed by atoms with Gasteiger partial charge in [-0.1, -0.05) is 31.8 Å². The largest absolute Gasteiger partial charge is 0.449 e. The number of methoxy groups -OCH3 is 1. The van der Waals surface area contributed by atoms with E-state index in [-0.39, 0.29) is 24.2 Å². The molecular weight excluding hydrogens is 376 g/mol. The number of esters is 1. The van der Waals surface area contributed by atoms with Crippen molar-refractivity contribution in [1.82, 2.24) is 4.90 Å². The number of nitrogens with zero attached hydrogens (tertiary/aromatic N) is 2. The second-order valence-electron chi connectivity index (χ2n) is 7.86. The van der Waals surface area contributed by atoms with E-state index < -0.39 is 5.60 Å². The van der Waals surface area contributed by atoms with Gasteiger partial charge in [0, 0.05) is 49.0 Å². The molecule has 1 spiro atoms. The highest BCUT2D eigenvalue weighted by molar-refractivity contribution is 5.90. The van der Waals surface area contributed by atoms with Crippen molar-refractivity contribution in [1.29, 1.82) is 0 Å². The lowest BCUT2D eigenvalue weighted by molar-refractivity contribution is -0.147. The highest BCUT2D eigenvalue weighted by atomic mass is 16.6. The molecule has 5 rings (SSSR count). The zero-order chi connectivity index (χ0) is 21.3. The Morgan fingerprint density at radius 3 is 3.00 bits per heavy atom. The van der Waals surface area contributed by atoms with Gasteiger partial charge in [0.05, 0.1) is 23.9 Å². The SMILES string of the molecule is CC.COC(C)C1CCC2N1C1C=C(C#CC3=C=CC=CN=C3)C3=CC(=O)OC32C1. The van der Waals surface area contributed by atoms with Crippen LogP contribution in [0.15, 0.2) is 57.9 Å². The molecule has 5 heteroatoms. The number of allylic oxidation sites excluding steroid dienone is 2. The van der Waals surface area contributed by atoms with Gasteiger partial charge in [-0.25, -0.2) is 4.79 Å². The summed E-state index contributed by atoms with van der Waals surface area (Å²) in [7, 11) is 1.76. The fourth-order valence-corrected chi connectivity index (χ4v) is 5.33. The lowest BCUT2D eigenvalue weighted by Gasteiger charge is -2.33. The van der Waals surface area contributed by atoms with Crippen LogP contribution in [0.3, 0.4) is 0 Å². The van der Waals surface area contributed by atoms with Crippen LogP contribution in [0, 0.1) is 11.8 Å². The number of hydrogen-bond donors (Lipinski definition) is 0. The van der Waals surface area contributed by atoms with E-state index >= 15 is 0 Å². The Bertz CT molecular complexity index is 984. The van der Waals surface area contributed by atoms with Crippen LogP contribution in [0.5, 0.6) is 0 Å². The van der Waals surface area contributed by atoms with Gasteiger partial charge in [-0.3, -0.25) is 9.89 Å². The van der Waals surface area contributed by atoms with E-state index in [2.05, 4.69) is 40.5 Å². The molecule has 30 heavy (non-hydrogen) atoms. The van der Waals surface area contributed by atoms with Crippen LogP contribution >= 0.6 is 0 Å². The summed E-state index contributed by atoms with van der Waals surface area (Å²) >= 11 is 0. The molecule has 1 aliphatic carbocycles. The summed E-state index contributed by atoms with van der Waals surface area (Å²) in [6.07, 6.45) is 13.9. The average molecular weight is 405 g/mol. The zero-order valence-electron chi connectivity index (χ0n) is 18.0. The summed E-state index contributed by atoms with van der Waals surface area (Å²) < 4.78 is 11.6. The van der Waals surface area contributed by atoms with Crippen LogP contribution in [-0.2, 0) is 14.3 Å². The van der Waals surface area contributed by atoms with E-state index in [4.69, 9.17) is 9.47 Å². The Morgan fingerprint density at radius 2 is 2.20 bits per heavy atom. The molecule has 0 N–H and O–H groups in total. The zero-order valence-corrected chi connectivity index (χ0v) is 18.0. The summed E-state index contributed by atoms with van der Waals surface area (Å²) in [4.78, 5) is 18.9. The van der Waals surface area contributed by atoms with Crippen LogP contribution in [0.25, 0.3) is 0 Å². The molecule has 0 aromatic carbocycles. The quantitative estimate of drug-likeness (QED) is 0.402. The number of ether oxygens (including phenoxy) is 2. The molecule has 156 valence electrons. The molecule has 0 radical (unpaired) electrons. The van der Waals surface area contributed by atoms with Crippen molar-refractivity contribution in [2.75, 3.05) is 7.11 Å². The van der Waals surface area contributed by atoms with E-state index in [0.717, 1.165) is 36.0 Å². The molecule has 4 heterocycles. The van der Waals surface area contributed by atoms with E-state index in [1.54, 1.807) is 31.7 Å². The van der Waals surface area contributed by atoms with Crippen LogP contribution < -0.4 is 0 Å². The van der Waals surface area contributed by atoms with Gasteiger partial charge in [0.25, 0.3) is 0 Å². The van der Waals surface area contributed by atoms with Gasteiger partial charge < -0.3 is 9.47 Å². The summed E-state index contributed by atoms with van der Waals surface area (Å²) in [6.45, 7) is 6.12. The summed E-state index contributed by atoms with van der Waals surface area (Å²) in [6, 6.07) is 0.724. The minimum atomic E-state index is -0.563. The van der Waals surface area contributed by atoms with E-state index in [1.807, 2.05) is 19.9 Å². The number of hydrogen-bond acceptors (Lipinski definition) is 5. The van der Waals surface area contributed by atoms with Crippen LogP contribution in [-0.4, -0.2) is 54.0 Å². The monoisotopic (exact) mass is 404 g/mol. The Hall–Kier alpha value is -2.64. The first-order valence-electron chi connectivity index (χ1n) is 10.8. The summed E-state index contributed by atoms with van der Waals surface area (Å²) in [5.41, 5.74) is 5.09. The maximum atomic E-state index is 12.3. The Morgan fingerprint density at radius 1 is 1.37 bits per heavy atom. The fraction of sp³-hybridized carbons (Fsp3) is 0.480. The fourth-order valence-electron chi connectivity index (χ4n) is 5.33. The highest BCUT2D eigenvalue weighted by Crippen LogP contribution is 2.55. The second-order valence-corrected chi connectivity index (χ2v) is 7.86. The van der Waals surface area contributed by atoms with Gasteiger partial charge in [0.15, 0.2) is 5.60 Å². The first-order chi connectivity index (χ1) is 14.6. The van der Waals surface area contributed by atoms with Crippen molar-refractivity contribution in [2.24, 2.45) is 4.99 Å². The van der Waals surface area contributed by atoms with Crippen molar-refractivity contribution < 1.29 is 14.3 Å². The summed E-state index contributed by atoms with van der Waals surface area (Å²) in [5.74, 6) is 6.16. The Balaban J connectivity index is 0.00000106. The first kappa shape index (κ1) is 20.6. The number of fused-ring (bicyclic) bond motifs is 3. The molecule has 5 aliphatic rings. The molecular formula is C25H28N2O3. The molecule has 0 amide bonds. The second kappa shape index (κ2) is 8.24. The number of carbonyl (C=O) groups excluding carboxylic acids is 1. The smallest absolute Gasteiger partial charge is 0.332 e. The van der Waals surface area contributed by atoms with Crippen LogP contribution in [0.2, 0.25) is 0 Å². The predicted octanol–water partition coefficient (Wildman–Crippen LogP) is 3.50. The minimum Gasteiger partial charge on any atom is -0.449 e. The number of rotatable bonds is 2. The third-order valence-corrected chi connectivity index (χ3v) is 6.52. The molecule has 5 nitrogen and oxygen atoms in total. The molecule has 2 saturated heterocycles. The summed E-state index contributed by atoms with van der Waals surface area (Å²) in [5, 5.41) is 0. The Kier molecular flexibility index (Phi) is 5.66. The van der Waals surface area contributed by atoms with E-state index in [1.165, 1.54) is 0 Å². The van der Waals surface area contributed by atoms with Gasteiger partial charge in [-0.05, 0) is 31.9 Å². The van der Waals surface area contributed by atoms with Crippen molar-refractivity contribution in [2.45, 2.75) is 69.9 Å². The lowest BCUT2D eigenvalue weighted by atomic mass is 9.77. The van der Waals surface area contributed by atoms with Gasteiger partial charge >= 0.3 is 5.97 Å². The predicted molar refractivity (Wildman–Crippen MR) is 117 cm³/mol. The molecule has 5 atom stereocenters. The van der Waals surface area contributed by atoms with Crippen LogP contribution in [0.1, 0.15) is 40.0 Å². The molecule has 2 bridgehead atoms. The molecule has 0 saturated carbocycles. The van der Waals surface area contributed by atoms with Gasteiger partial charge in [-0.15, -0.1) is 5.73 Å². The third-order valence-electron chi connectivity index (χ3n) is 6.52. The van der Waals surface area contributed by atoms with E-state index in [9.17, 15) is 4.79 Å². The molecule has 4 aliphatic heterocycles. The van der Waals surface area contributed by atoms with E-state index in [0.29, 0.717) is 6.04 Å². The maximum Gasteiger partial charge on any atom is 0.332 e. The van der Waals surface area contributed by atoms with Gasteiger partial charge in [-0.2, -0.15) is 0 Å². The number of carbonyl (C=O) groups is 1. The highest BCUT2D eigenvalue weighted by Gasteiger charge is 2.64. The Labute approximate surface area is 178 Å². The molecule has 2 fully saturated rings. The number of aliphatic imine (C=N–C) groups is 1. The topological polar surface area (TPSA) is 51.1 Å². The van der Waals surface area contributed by atoms with Crippen molar-refractivity contribution >= 4 is 12.2 Å². The van der Waals surface area contributed by atoms with Crippen molar-refractivity contribution in [3.8, 4) is 11.8 Å². The lowest BCUT2D eigenvalue weighted by Crippen LogP contribution is -2.47. The first-order valence-corrected chi connectivity index (χ1v) is 10.8. The van der Waals surface area contributed by atoms with Crippen molar-refractivity contribution in [3.63, 3.8) is 0 Å². The third kappa shape index (κ3) is 3.22. The minimum absolute atomic E-state index is 0.137. The van der Waals surface area contributed by atoms with Crippen LogP contribution in [0.4, 0.5) is 0 Å². The molecule has 0 aromatic heterocycles. The molecule has 0 aromatic rings. The normalized spacial score (nSPS) is 33.7. The van der Waals surface area contributed by atoms with Gasteiger partial charge in [0.2, 0.25) is 0 Å². The van der Waals surface area contributed by atoms with Gasteiger partial charge in [0.1, 0.15) is 0 Å². The standard InChI is InChI=1S/C23H22N2O3.C2H6/c1-15(27-2)20-8-9-21-23-13-18(25(20)21)11-17(19(23)12-22(26)28-23)7-6-16-5-3-4-10-24-14-16;1-2/h3-4,10-12,14-15,18,20-21H,8-9,13H2,1-2H3;1-2H3. The van der Waals surface area contributed by atoms with Crippen molar-refractivity contribution in [3.05, 3.63) is 53.0 Å². The average Bonchev–Trinajstić information content (AvgIpc) is 3.34. The maximum absolute atomic E-state index is 12.3.